The van der Waals surface area contributed by atoms with Crippen LogP contribution in [-0.4, -0.2) is 16.2 Å². The Morgan fingerprint density at radius 2 is 1.85 bits per heavy atom. The number of aromatic nitrogens is 2. The molecule has 0 spiro atoms. The Labute approximate surface area is 161 Å². The molecule has 0 aliphatic heterocycles. The van der Waals surface area contributed by atoms with Crippen LogP contribution in [0.25, 0.3) is 22.8 Å². The van der Waals surface area contributed by atoms with Crippen LogP contribution in [0.15, 0.2) is 53.1 Å². The van der Waals surface area contributed by atoms with E-state index in [1.807, 2.05) is 6.07 Å². The van der Waals surface area contributed by atoms with Crippen molar-refractivity contribution in [2.45, 2.75) is 52.1 Å². The van der Waals surface area contributed by atoms with E-state index >= 15 is 0 Å². The van der Waals surface area contributed by atoms with Gasteiger partial charge in [-0.05, 0) is 54.5 Å². The molecule has 1 aromatic heterocycles. The van der Waals surface area contributed by atoms with Crippen molar-refractivity contribution in [2.24, 2.45) is 5.92 Å². The van der Waals surface area contributed by atoms with E-state index in [9.17, 15) is 0 Å². The third kappa shape index (κ3) is 4.45. The highest BCUT2D eigenvalue weighted by Gasteiger charge is 2.16. The van der Waals surface area contributed by atoms with E-state index in [4.69, 9.17) is 4.52 Å². The Balaban J connectivity index is 1.47. The molecule has 4 nitrogen and oxygen atoms in total. The summed E-state index contributed by atoms with van der Waals surface area (Å²) >= 11 is 0. The molecule has 4 heteroatoms. The maximum atomic E-state index is 5.51. The summed E-state index contributed by atoms with van der Waals surface area (Å²) < 4.78 is 5.51. The summed E-state index contributed by atoms with van der Waals surface area (Å²) in [6.45, 7) is 5.35. The Hall–Kier alpha value is -2.46. The van der Waals surface area contributed by atoms with E-state index < -0.39 is 0 Å². The molecule has 0 radical (unpaired) electrons. The van der Waals surface area contributed by atoms with Gasteiger partial charge in [0.1, 0.15) is 0 Å². The van der Waals surface area contributed by atoms with Gasteiger partial charge in [-0.25, -0.2) is 0 Å². The lowest BCUT2D eigenvalue weighted by Gasteiger charge is -2.26. The predicted octanol–water partition coefficient (Wildman–Crippen LogP) is 5.24. The third-order valence-corrected chi connectivity index (χ3v) is 5.16. The molecule has 0 unspecified atom stereocenters. The standard InChI is InChI=1S/C23H27N3O/c1-16(2)13-17-9-11-19(12-10-17)23-25-22(26-27-23)20-6-3-5-18(14-20)15-24-21-7-4-8-21/h3,5-6,9-12,14,16,21,24H,4,7-8,13,15H2,1-2H3. The van der Waals surface area contributed by atoms with Gasteiger partial charge >= 0.3 is 0 Å². The fourth-order valence-corrected chi connectivity index (χ4v) is 3.41. The van der Waals surface area contributed by atoms with Crippen molar-refractivity contribution in [3.63, 3.8) is 0 Å². The zero-order chi connectivity index (χ0) is 18.6. The number of benzene rings is 2. The van der Waals surface area contributed by atoms with E-state index in [0.717, 1.165) is 24.1 Å². The molecular formula is C23H27N3O. The normalized spacial score (nSPS) is 14.5. The van der Waals surface area contributed by atoms with Crippen molar-refractivity contribution in [3.8, 4) is 22.8 Å². The van der Waals surface area contributed by atoms with E-state index in [0.29, 0.717) is 23.7 Å². The number of hydrogen-bond acceptors (Lipinski definition) is 4. The average Bonchev–Trinajstić information content (AvgIpc) is 3.11. The Bertz CT molecular complexity index is 879. The zero-order valence-electron chi connectivity index (χ0n) is 16.1. The number of nitrogens with zero attached hydrogens (tertiary/aromatic N) is 2. The van der Waals surface area contributed by atoms with Crippen molar-refractivity contribution < 1.29 is 4.52 Å². The Morgan fingerprint density at radius 3 is 2.56 bits per heavy atom. The summed E-state index contributed by atoms with van der Waals surface area (Å²) in [5.74, 6) is 1.86. The lowest BCUT2D eigenvalue weighted by atomic mass is 9.93. The van der Waals surface area contributed by atoms with Gasteiger partial charge < -0.3 is 9.84 Å². The highest BCUT2D eigenvalue weighted by Crippen LogP contribution is 2.24. The van der Waals surface area contributed by atoms with Crippen LogP contribution in [0.4, 0.5) is 0 Å². The van der Waals surface area contributed by atoms with E-state index in [-0.39, 0.29) is 0 Å². The van der Waals surface area contributed by atoms with Crippen molar-refractivity contribution in [2.75, 3.05) is 0 Å². The number of nitrogens with one attached hydrogen (secondary N) is 1. The summed E-state index contributed by atoms with van der Waals surface area (Å²) in [5, 5.41) is 7.79. The van der Waals surface area contributed by atoms with Gasteiger partial charge in [0.15, 0.2) is 0 Å². The largest absolute Gasteiger partial charge is 0.334 e. The summed E-state index contributed by atoms with van der Waals surface area (Å²) in [4.78, 5) is 4.61. The van der Waals surface area contributed by atoms with Gasteiger partial charge in [0, 0.05) is 23.7 Å². The van der Waals surface area contributed by atoms with Crippen LogP contribution in [0.5, 0.6) is 0 Å². The smallest absolute Gasteiger partial charge is 0.258 e. The molecule has 0 saturated heterocycles. The monoisotopic (exact) mass is 361 g/mol. The first-order valence-corrected chi connectivity index (χ1v) is 9.93. The van der Waals surface area contributed by atoms with Crippen LogP contribution in [0, 0.1) is 5.92 Å². The topological polar surface area (TPSA) is 51.0 Å². The molecule has 4 rings (SSSR count). The second-order valence-electron chi connectivity index (χ2n) is 7.93. The van der Waals surface area contributed by atoms with Crippen molar-refractivity contribution in [1.29, 1.82) is 0 Å². The van der Waals surface area contributed by atoms with Crippen molar-refractivity contribution in [3.05, 3.63) is 59.7 Å². The Kier molecular flexibility index (Phi) is 5.35. The molecule has 27 heavy (non-hydrogen) atoms. The number of hydrogen-bond donors (Lipinski definition) is 1. The highest BCUT2D eigenvalue weighted by atomic mass is 16.5. The van der Waals surface area contributed by atoms with Gasteiger partial charge in [-0.3, -0.25) is 0 Å². The van der Waals surface area contributed by atoms with Crippen LogP contribution < -0.4 is 5.32 Å². The van der Waals surface area contributed by atoms with Gasteiger partial charge in [-0.15, -0.1) is 0 Å². The molecule has 1 saturated carbocycles. The van der Waals surface area contributed by atoms with Crippen molar-refractivity contribution in [1.82, 2.24) is 15.5 Å². The molecule has 3 aromatic rings. The maximum absolute atomic E-state index is 5.51. The third-order valence-electron chi connectivity index (χ3n) is 5.16. The summed E-state index contributed by atoms with van der Waals surface area (Å²) in [7, 11) is 0. The molecule has 0 bridgehead atoms. The molecule has 1 fully saturated rings. The van der Waals surface area contributed by atoms with Crippen LogP contribution in [0.3, 0.4) is 0 Å². The van der Waals surface area contributed by atoms with Gasteiger partial charge in [-0.2, -0.15) is 4.98 Å². The summed E-state index contributed by atoms with van der Waals surface area (Å²) in [6, 6.07) is 17.5. The molecule has 1 heterocycles. The fourth-order valence-electron chi connectivity index (χ4n) is 3.41. The molecule has 2 aromatic carbocycles. The van der Waals surface area contributed by atoms with Gasteiger partial charge in [0.25, 0.3) is 5.89 Å². The molecule has 1 N–H and O–H groups in total. The Morgan fingerprint density at radius 1 is 1.04 bits per heavy atom. The maximum Gasteiger partial charge on any atom is 0.258 e. The molecule has 1 aliphatic rings. The molecule has 0 atom stereocenters. The quantitative estimate of drug-likeness (QED) is 0.625. The summed E-state index contributed by atoms with van der Waals surface area (Å²) in [6.07, 6.45) is 5.02. The highest BCUT2D eigenvalue weighted by molar-refractivity contribution is 5.60. The zero-order valence-corrected chi connectivity index (χ0v) is 16.1. The SMILES string of the molecule is CC(C)Cc1ccc(-c2nc(-c3cccc(CNC4CCC4)c3)no2)cc1. The lowest BCUT2D eigenvalue weighted by molar-refractivity contribution is 0.338. The minimum Gasteiger partial charge on any atom is -0.334 e. The molecule has 0 amide bonds. The van der Waals surface area contributed by atoms with Crippen molar-refractivity contribution >= 4 is 0 Å². The van der Waals surface area contributed by atoms with E-state index in [1.165, 1.54) is 30.4 Å². The van der Waals surface area contributed by atoms with E-state index in [1.54, 1.807) is 0 Å². The molecular weight excluding hydrogens is 334 g/mol. The second-order valence-corrected chi connectivity index (χ2v) is 7.93. The summed E-state index contributed by atoms with van der Waals surface area (Å²) in [5.41, 5.74) is 4.54. The van der Waals surface area contributed by atoms with Gasteiger partial charge in [0.05, 0.1) is 0 Å². The predicted molar refractivity (Wildman–Crippen MR) is 108 cm³/mol. The van der Waals surface area contributed by atoms with E-state index in [2.05, 4.69) is 71.8 Å². The second kappa shape index (κ2) is 8.05. The van der Waals surface area contributed by atoms with Crippen LogP contribution in [0.2, 0.25) is 0 Å². The van der Waals surface area contributed by atoms with Crippen LogP contribution >= 0.6 is 0 Å². The van der Waals surface area contributed by atoms with Crippen LogP contribution in [-0.2, 0) is 13.0 Å². The first kappa shape index (κ1) is 17.9. The molecule has 1 aliphatic carbocycles. The molecule has 140 valence electrons. The van der Waals surface area contributed by atoms with Gasteiger partial charge in [-0.1, -0.05) is 55.8 Å². The fraction of sp³-hybridized carbons (Fsp3) is 0.391. The number of rotatable bonds is 7. The van der Waals surface area contributed by atoms with Gasteiger partial charge in [0.2, 0.25) is 5.82 Å². The minimum absolute atomic E-state index is 0.569. The lowest BCUT2D eigenvalue weighted by Crippen LogP contribution is -2.34. The van der Waals surface area contributed by atoms with Crippen LogP contribution in [0.1, 0.15) is 44.2 Å². The first-order valence-electron chi connectivity index (χ1n) is 9.93. The first-order chi connectivity index (χ1) is 13.2. The average molecular weight is 361 g/mol. The minimum atomic E-state index is 0.569.